The molecule has 0 aromatic heterocycles. The van der Waals surface area contributed by atoms with Crippen molar-refractivity contribution in [3.63, 3.8) is 0 Å². The fraction of sp³-hybridized carbons (Fsp3) is 0.297. The molecule has 7 rings (SSSR count). The molecule has 2 aliphatic heterocycles. The monoisotopic (exact) mass is 586 g/mol. The molecule has 3 aliphatic rings. The highest BCUT2D eigenvalue weighted by atomic mass is 16.3. The van der Waals surface area contributed by atoms with Gasteiger partial charge < -0.3 is 10.0 Å². The number of carbonyl (C=O) groups is 2. The smallest absolute Gasteiger partial charge is 0.328 e. The van der Waals surface area contributed by atoms with E-state index in [4.69, 9.17) is 0 Å². The second kappa shape index (κ2) is 12.2. The molecule has 0 saturated carbocycles. The number of phenols is 1. The van der Waals surface area contributed by atoms with Gasteiger partial charge in [-0.2, -0.15) is 0 Å². The van der Waals surface area contributed by atoms with E-state index in [1.165, 1.54) is 33.5 Å². The van der Waals surface area contributed by atoms with Gasteiger partial charge in [0.25, 0.3) is 0 Å². The highest BCUT2D eigenvalue weighted by Gasteiger charge is 2.32. The minimum atomic E-state index is -0.347. The lowest BCUT2D eigenvalue weighted by atomic mass is 9.69. The molecule has 0 unspecified atom stereocenters. The van der Waals surface area contributed by atoms with E-state index in [2.05, 4.69) is 87.9 Å². The Hall–Kier alpha value is -4.62. The van der Waals surface area contributed by atoms with Gasteiger partial charge in [-0.05, 0) is 83.0 Å². The Bertz CT molecular complexity index is 1650. The molecule has 2 atom stereocenters. The van der Waals surface area contributed by atoms with Crippen molar-refractivity contribution in [3.05, 3.63) is 125 Å². The summed E-state index contributed by atoms with van der Waals surface area (Å²) in [6.07, 6.45) is 2.36. The summed E-state index contributed by atoms with van der Waals surface area (Å²) < 4.78 is 0. The molecule has 2 saturated heterocycles. The Balaban J connectivity index is 1.02. The highest BCUT2D eigenvalue weighted by Crippen LogP contribution is 2.47. The van der Waals surface area contributed by atoms with Crippen molar-refractivity contribution in [2.24, 2.45) is 0 Å². The molecule has 2 fully saturated rings. The Morgan fingerprint density at radius 2 is 1.52 bits per heavy atom. The Kier molecular flexibility index (Phi) is 7.79. The first-order valence-electron chi connectivity index (χ1n) is 15.7. The van der Waals surface area contributed by atoms with E-state index in [0.29, 0.717) is 24.6 Å². The summed E-state index contributed by atoms with van der Waals surface area (Å²) in [7, 11) is 0. The van der Waals surface area contributed by atoms with Crippen LogP contribution in [0.25, 0.3) is 0 Å². The second-order valence-corrected chi connectivity index (χ2v) is 12.2. The quantitative estimate of drug-likeness (QED) is 0.289. The number of aryl methyl sites for hydroxylation is 1. The van der Waals surface area contributed by atoms with E-state index in [9.17, 15) is 14.7 Å². The van der Waals surface area contributed by atoms with Crippen molar-refractivity contribution in [1.29, 1.82) is 0 Å². The molecule has 3 amide bonds. The lowest BCUT2D eigenvalue weighted by Crippen LogP contribution is -2.49. The van der Waals surface area contributed by atoms with Crippen molar-refractivity contribution < 1.29 is 14.7 Å². The maximum atomic E-state index is 12.3. The number of hydrogen-bond donors (Lipinski definition) is 2. The number of aromatic hydroxyl groups is 1. The summed E-state index contributed by atoms with van der Waals surface area (Å²) in [5, 5.41) is 12.6. The first-order valence-corrected chi connectivity index (χ1v) is 15.7. The number of phenolic OH excluding ortho intramolecular Hbond substituents is 1. The average Bonchev–Trinajstić information content (AvgIpc) is 3.05. The van der Waals surface area contributed by atoms with Crippen LogP contribution in [0.2, 0.25) is 0 Å². The van der Waals surface area contributed by atoms with Crippen molar-refractivity contribution in [3.8, 4) is 5.75 Å². The van der Waals surface area contributed by atoms with Crippen LogP contribution in [0, 0.1) is 0 Å². The molecular weight excluding hydrogens is 548 g/mol. The number of carbonyl (C=O) groups excluding carboxylic acids is 2. The lowest BCUT2D eigenvalue weighted by Gasteiger charge is -2.37. The summed E-state index contributed by atoms with van der Waals surface area (Å²) in [5.41, 5.74) is 8.51. The predicted octanol–water partition coefficient (Wildman–Crippen LogP) is 6.02. The standard InChI is InChI=1S/C37H38N4O3/c42-32-14-16-34-29(24-32)11-15-33(27-6-2-1-3-7-27)36(34)28-9-12-30(13-10-28)40-21-19-39(20-22-40)25-26-5-4-8-31(23-26)41-18-17-35(43)38-37(41)44/h1-10,12-14,16,23-24,33,36,42H,11,15,17-22,25H2,(H,38,43,44)/t33-,36+/m1/s1. The minimum Gasteiger partial charge on any atom is -0.508 e. The van der Waals surface area contributed by atoms with Crippen LogP contribution in [-0.4, -0.2) is 54.7 Å². The maximum Gasteiger partial charge on any atom is 0.328 e. The van der Waals surface area contributed by atoms with Crippen LogP contribution in [0.1, 0.15) is 52.5 Å². The topological polar surface area (TPSA) is 76.1 Å². The number of fused-ring (bicyclic) bond motifs is 1. The molecule has 4 aromatic carbocycles. The number of nitrogens with one attached hydrogen (secondary N) is 1. The summed E-state index contributed by atoms with van der Waals surface area (Å²) in [4.78, 5) is 30.4. The number of piperazine rings is 1. The molecule has 2 N–H and O–H groups in total. The van der Waals surface area contributed by atoms with Crippen LogP contribution in [0.4, 0.5) is 16.2 Å². The molecule has 224 valence electrons. The average molecular weight is 587 g/mol. The van der Waals surface area contributed by atoms with E-state index < -0.39 is 0 Å². The first kappa shape index (κ1) is 28.2. The van der Waals surface area contributed by atoms with Crippen molar-refractivity contribution in [1.82, 2.24) is 10.2 Å². The van der Waals surface area contributed by atoms with Gasteiger partial charge in [0.05, 0.1) is 0 Å². The van der Waals surface area contributed by atoms with Crippen molar-refractivity contribution in [2.45, 2.75) is 37.6 Å². The summed E-state index contributed by atoms with van der Waals surface area (Å²) >= 11 is 0. The largest absolute Gasteiger partial charge is 0.508 e. The van der Waals surface area contributed by atoms with Crippen molar-refractivity contribution in [2.75, 3.05) is 42.5 Å². The number of hydrogen-bond acceptors (Lipinski definition) is 5. The molecule has 44 heavy (non-hydrogen) atoms. The van der Waals surface area contributed by atoms with Gasteiger partial charge in [0.2, 0.25) is 5.91 Å². The third kappa shape index (κ3) is 5.80. The van der Waals surface area contributed by atoms with E-state index in [1.807, 2.05) is 24.3 Å². The second-order valence-electron chi connectivity index (χ2n) is 12.2. The first-order chi connectivity index (χ1) is 21.5. The zero-order valence-corrected chi connectivity index (χ0v) is 24.9. The SMILES string of the molecule is O=C1CCN(c2cccc(CN3CCN(c4ccc([C@@H]5c6ccc(O)cc6CC[C@@H]5c5ccccc5)cc4)CC3)c2)C(=O)N1. The molecule has 1 aliphatic carbocycles. The van der Waals surface area contributed by atoms with Crippen LogP contribution in [0.5, 0.6) is 5.75 Å². The molecule has 4 aromatic rings. The van der Waals surface area contributed by atoms with Crippen LogP contribution < -0.4 is 15.1 Å². The predicted molar refractivity (Wildman–Crippen MR) is 173 cm³/mol. The Morgan fingerprint density at radius 1 is 0.727 bits per heavy atom. The molecule has 7 nitrogen and oxygen atoms in total. The van der Waals surface area contributed by atoms with Gasteiger partial charge in [0.15, 0.2) is 0 Å². The van der Waals surface area contributed by atoms with Gasteiger partial charge in [-0.3, -0.25) is 19.9 Å². The van der Waals surface area contributed by atoms with Gasteiger partial charge in [0, 0.05) is 63.0 Å². The Morgan fingerprint density at radius 3 is 2.30 bits per heavy atom. The normalized spacial score (nSPS) is 20.7. The van der Waals surface area contributed by atoms with Gasteiger partial charge in [0.1, 0.15) is 5.75 Å². The maximum absolute atomic E-state index is 12.3. The number of urea groups is 1. The van der Waals surface area contributed by atoms with Gasteiger partial charge in [-0.15, -0.1) is 0 Å². The highest BCUT2D eigenvalue weighted by molar-refractivity contribution is 6.05. The number of imide groups is 1. The summed E-state index contributed by atoms with van der Waals surface area (Å²) in [6.45, 7) is 5.06. The van der Waals surface area contributed by atoms with E-state index >= 15 is 0 Å². The molecule has 7 heteroatoms. The van der Waals surface area contributed by atoms with Gasteiger partial charge in [-0.1, -0.05) is 60.7 Å². The molecule has 0 bridgehead atoms. The van der Waals surface area contributed by atoms with Crippen LogP contribution in [0.3, 0.4) is 0 Å². The molecular formula is C37H38N4O3. The summed E-state index contributed by atoms with van der Waals surface area (Å²) in [6, 6.07) is 33.6. The fourth-order valence-electron chi connectivity index (χ4n) is 7.23. The van der Waals surface area contributed by atoms with E-state index in [0.717, 1.165) is 51.3 Å². The number of anilines is 2. The lowest BCUT2D eigenvalue weighted by molar-refractivity contribution is -0.120. The number of nitrogens with zero attached hydrogens (tertiary/aromatic N) is 3. The number of amides is 3. The number of benzene rings is 4. The van der Waals surface area contributed by atoms with Gasteiger partial charge in [-0.25, -0.2) is 4.79 Å². The zero-order chi connectivity index (χ0) is 30.0. The van der Waals surface area contributed by atoms with Crippen LogP contribution in [-0.2, 0) is 17.8 Å². The van der Waals surface area contributed by atoms with Gasteiger partial charge >= 0.3 is 6.03 Å². The third-order valence-corrected chi connectivity index (χ3v) is 9.49. The van der Waals surface area contributed by atoms with Crippen LogP contribution in [0.15, 0.2) is 97.1 Å². The zero-order valence-electron chi connectivity index (χ0n) is 24.9. The van der Waals surface area contributed by atoms with E-state index in [-0.39, 0.29) is 17.9 Å². The number of rotatable bonds is 6. The molecule has 0 radical (unpaired) electrons. The minimum absolute atomic E-state index is 0.216. The molecule has 0 spiro atoms. The fourth-order valence-corrected chi connectivity index (χ4v) is 7.23. The van der Waals surface area contributed by atoms with Crippen LogP contribution >= 0.6 is 0 Å². The molecule has 2 heterocycles. The Labute approximate surface area is 258 Å². The summed E-state index contributed by atoms with van der Waals surface area (Å²) in [5.74, 6) is 0.773. The van der Waals surface area contributed by atoms with E-state index in [1.54, 1.807) is 4.90 Å². The third-order valence-electron chi connectivity index (χ3n) is 9.49. The van der Waals surface area contributed by atoms with Crippen molar-refractivity contribution >= 4 is 23.3 Å².